The Morgan fingerprint density at radius 2 is 1.85 bits per heavy atom. The molecule has 0 saturated heterocycles. The minimum atomic E-state index is -3.50. The topological polar surface area (TPSA) is 69.6 Å². The number of hydrogen-bond donors (Lipinski definition) is 2. The normalized spacial score (nSPS) is 12.0. The smallest absolute Gasteiger partial charge is 0.243 e. The van der Waals surface area contributed by atoms with Crippen molar-refractivity contribution in [1.82, 2.24) is 9.62 Å². The van der Waals surface area contributed by atoms with Gasteiger partial charge < -0.3 is 10.4 Å². The first kappa shape index (κ1) is 17.1. The zero-order valence-electron chi connectivity index (χ0n) is 12.2. The van der Waals surface area contributed by atoms with Gasteiger partial charge in [-0.3, -0.25) is 0 Å². The molecular formula is C14H24N2O3S. The molecule has 114 valence electrons. The lowest BCUT2D eigenvalue weighted by Gasteiger charge is -2.19. The molecule has 0 aliphatic carbocycles. The molecule has 0 atom stereocenters. The summed E-state index contributed by atoms with van der Waals surface area (Å²) in [6.07, 6.45) is 1.07. The summed E-state index contributed by atoms with van der Waals surface area (Å²) in [6.45, 7) is 5.84. The van der Waals surface area contributed by atoms with E-state index in [-0.39, 0.29) is 18.0 Å². The zero-order chi connectivity index (χ0) is 15.0. The lowest BCUT2D eigenvalue weighted by molar-refractivity contribution is 0.257. The predicted octanol–water partition coefficient (Wildman–Crippen LogP) is 1.19. The molecule has 0 unspecified atom stereocenters. The summed E-state index contributed by atoms with van der Waals surface area (Å²) in [5.74, 6) is 0. The van der Waals surface area contributed by atoms with Crippen molar-refractivity contribution in [2.24, 2.45) is 0 Å². The van der Waals surface area contributed by atoms with Crippen molar-refractivity contribution < 1.29 is 13.5 Å². The van der Waals surface area contributed by atoms with E-state index in [2.05, 4.69) is 12.2 Å². The standard InChI is InChI=1S/C14H24N2O3S/c1-3-9-15-12-13-5-7-14(8-6-13)20(18,19)16(4-2)10-11-17/h5-8,15,17H,3-4,9-12H2,1-2H3. The van der Waals surface area contributed by atoms with Gasteiger partial charge in [0.05, 0.1) is 11.5 Å². The molecule has 6 heteroatoms. The third kappa shape index (κ3) is 4.56. The fraction of sp³-hybridized carbons (Fsp3) is 0.571. The Labute approximate surface area is 121 Å². The van der Waals surface area contributed by atoms with Gasteiger partial charge >= 0.3 is 0 Å². The summed E-state index contributed by atoms with van der Waals surface area (Å²) >= 11 is 0. The van der Waals surface area contributed by atoms with E-state index in [1.165, 1.54) is 4.31 Å². The van der Waals surface area contributed by atoms with Gasteiger partial charge in [-0.25, -0.2) is 8.42 Å². The average molecular weight is 300 g/mol. The first-order chi connectivity index (χ1) is 9.56. The highest BCUT2D eigenvalue weighted by atomic mass is 32.2. The maximum atomic E-state index is 12.3. The molecule has 0 spiro atoms. The second kappa shape index (κ2) is 8.36. The van der Waals surface area contributed by atoms with Crippen molar-refractivity contribution in [1.29, 1.82) is 0 Å². The minimum absolute atomic E-state index is 0.124. The summed E-state index contributed by atoms with van der Waals surface area (Å²) in [6, 6.07) is 6.89. The molecule has 1 rings (SSSR count). The van der Waals surface area contributed by atoms with E-state index in [4.69, 9.17) is 5.11 Å². The van der Waals surface area contributed by atoms with Crippen LogP contribution in [-0.2, 0) is 16.6 Å². The number of sulfonamides is 1. The Morgan fingerprint density at radius 3 is 2.35 bits per heavy atom. The van der Waals surface area contributed by atoms with Crippen LogP contribution in [0.25, 0.3) is 0 Å². The fourth-order valence-corrected chi connectivity index (χ4v) is 3.34. The molecule has 0 amide bonds. The van der Waals surface area contributed by atoms with E-state index in [9.17, 15) is 8.42 Å². The van der Waals surface area contributed by atoms with Gasteiger partial charge in [0.25, 0.3) is 0 Å². The van der Waals surface area contributed by atoms with Crippen LogP contribution in [0.4, 0.5) is 0 Å². The Bertz CT molecular complexity index is 486. The first-order valence-electron chi connectivity index (χ1n) is 6.96. The molecule has 0 bridgehead atoms. The second-order valence-corrected chi connectivity index (χ2v) is 6.48. The van der Waals surface area contributed by atoms with Crippen molar-refractivity contribution in [3.63, 3.8) is 0 Å². The number of hydrogen-bond acceptors (Lipinski definition) is 4. The van der Waals surface area contributed by atoms with Gasteiger partial charge in [0.1, 0.15) is 0 Å². The average Bonchev–Trinajstić information content (AvgIpc) is 2.45. The van der Waals surface area contributed by atoms with Crippen LogP contribution in [0.15, 0.2) is 29.2 Å². The van der Waals surface area contributed by atoms with E-state index >= 15 is 0 Å². The quantitative estimate of drug-likeness (QED) is 0.672. The van der Waals surface area contributed by atoms with Gasteiger partial charge in [0.15, 0.2) is 0 Å². The second-order valence-electron chi connectivity index (χ2n) is 4.54. The number of nitrogens with one attached hydrogen (secondary N) is 1. The largest absolute Gasteiger partial charge is 0.395 e. The fourth-order valence-electron chi connectivity index (χ4n) is 1.90. The molecule has 0 heterocycles. The van der Waals surface area contributed by atoms with Crippen LogP contribution in [0.3, 0.4) is 0 Å². The molecule has 1 aromatic carbocycles. The summed E-state index contributed by atoms with van der Waals surface area (Å²) in [4.78, 5) is 0.270. The summed E-state index contributed by atoms with van der Waals surface area (Å²) in [5.41, 5.74) is 1.06. The molecule has 0 aliphatic rings. The molecular weight excluding hydrogens is 276 g/mol. The van der Waals surface area contributed by atoms with Crippen LogP contribution in [0.2, 0.25) is 0 Å². The zero-order valence-corrected chi connectivity index (χ0v) is 13.0. The van der Waals surface area contributed by atoms with E-state index in [1.54, 1.807) is 19.1 Å². The maximum absolute atomic E-state index is 12.3. The van der Waals surface area contributed by atoms with E-state index in [0.29, 0.717) is 6.54 Å². The van der Waals surface area contributed by atoms with Crippen LogP contribution in [0.5, 0.6) is 0 Å². The van der Waals surface area contributed by atoms with Gasteiger partial charge in [-0.1, -0.05) is 26.0 Å². The highest BCUT2D eigenvalue weighted by Crippen LogP contribution is 2.16. The Balaban J connectivity index is 2.80. The lowest BCUT2D eigenvalue weighted by Crippen LogP contribution is -2.33. The number of benzene rings is 1. The Hall–Kier alpha value is -0.950. The third-order valence-electron chi connectivity index (χ3n) is 3.02. The van der Waals surface area contributed by atoms with E-state index in [0.717, 1.165) is 25.1 Å². The van der Waals surface area contributed by atoms with Crippen molar-refractivity contribution in [2.75, 3.05) is 26.2 Å². The monoisotopic (exact) mass is 300 g/mol. The third-order valence-corrected chi connectivity index (χ3v) is 5.01. The summed E-state index contributed by atoms with van der Waals surface area (Å²) < 4.78 is 25.9. The van der Waals surface area contributed by atoms with Crippen LogP contribution < -0.4 is 5.32 Å². The molecule has 0 aliphatic heterocycles. The highest BCUT2D eigenvalue weighted by Gasteiger charge is 2.22. The lowest BCUT2D eigenvalue weighted by atomic mass is 10.2. The Morgan fingerprint density at radius 1 is 1.20 bits per heavy atom. The van der Waals surface area contributed by atoms with Crippen LogP contribution in [0, 0.1) is 0 Å². The minimum Gasteiger partial charge on any atom is -0.395 e. The first-order valence-corrected chi connectivity index (χ1v) is 8.41. The van der Waals surface area contributed by atoms with Crippen molar-refractivity contribution >= 4 is 10.0 Å². The number of aliphatic hydroxyl groups is 1. The maximum Gasteiger partial charge on any atom is 0.243 e. The van der Waals surface area contributed by atoms with E-state index in [1.807, 2.05) is 12.1 Å². The predicted molar refractivity (Wildman–Crippen MR) is 80.0 cm³/mol. The summed E-state index contributed by atoms with van der Waals surface area (Å²) in [7, 11) is -3.50. The molecule has 20 heavy (non-hydrogen) atoms. The highest BCUT2D eigenvalue weighted by molar-refractivity contribution is 7.89. The van der Waals surface area contributed by atoms with Crippen LogP contribution in [-0.4, -0.2) is 44.1 Å². The van der Waals surface area contributed by atoms with Gasteiger partial charge in [-0.2, -0.15) is 4.31 Å². The summed E-state index contributed by atoms with van der Waals surface area (Å²) in [5, 5.41) is 12.2. The van der Waals surface area contributed by atoms with Crippen LogP contribution in [0.1, 0.15) is 25.8 Å². The number of likely N-dealkylation sites (N-methyl/N-ethyl adjacent to an activating group) is 1. The van der Waals surface area contributed by atoms with Gasteiger partial charge in [0, 0.05) is 19.6 Å². The molecule has 0 radical (unpaired) electrons. The van der Waals surface area contributed by atoms with Gasteiger partial charge in [-0.05, 0) is 30.7 Å². The molecule has 5 nitrogen and oxygen atoms in total. The SMILES string of the molecule is CCCNCc1ccc(S(=O)(=O)N(CC)CCO)cc1. The number of nitrogens with zero attached hydrogens (tertiary/aromatic N) is 1. The van der Waals surface area contributed by atoms with Crippen molar-refractivity contribution in [2.45, 2.75) is 31.7 Å². The number of rotatable bonds is 9. The molecule has 2 N–H and O–H groups in total. The van der Waals surface area contributed by atoms with Crippen LogP contribution >= 0.6 is 0 Å². The van der Waals surface area contributed by atoms with Gasteiger partial charge in [0.2, 0.25) is 10.0 Å². The molecule has 0 aromatic heterocycles. The van der Waals surface area contributed by atoms with Crippen molar-refractivity contribution in [3.8, 4) is 0 Å². The number of aliphatic hydroxyl groups excluding tert-OH is 1. The Kier molecular flexibility index (Phi) is 7.15. The van der Waals surface area contributed by atoms with E-state index < -0.39 is 10.0 Å². The van der Waals surface area contributed by atoms with Gasteiger partial charge in [-0.15, -0.1) is 0 Å². The molecule has 0 saturated carbocycles. The molecule has 1 aromatic rings. The molecule has 0 fully saturated rings. The van der Waals surface area contributed by atoms with Crippen molar-refractivity contribution in [3.05, 3.63) is 29.8 Å².